The van der Waals surface area contributed by atoms with Crippen LogP contribution in [0.4, 0.5) is 0 Å². The van der Waals surface area contributed by atoms with Gasteiger partial charge in [-0.3, -0.25) is 0 Å². The van der Waals surface area contributed by atoms with Crippen LogP contribution in [0.15, 0.2) is 0 Å². The number of nitrogens with one attached hydrogen (secondary N) is 1. The maximum atomic E-state index is 3.40. The van der Waals surface area contributed by atoms with Gasteiger partial charge < -0.3 is 5.32 Å². The van der Waals surface area contributed by atoms with Gasteiger partial charge in [-0.25, -0.2) is 0 Å². The fraction of sp³-hybridized carbons (Fsp3) is 1.00. The summed E-state index contributed by atoms with van der Waals surface area (Å²) >= 11 is 0. The molecule has 0 aromatic carbocycles. The fourth-order valence-corrected chi connectivity index (χ4v) is 1.41. The smallest absolute Gasteiger partial charge is 0.00206 e. The summed E-state index contributed by atoms with van der Waals surface area (Å²) in [5.74, 6) is 1.73. The Labute approximate surface area is 71.6 Å². The molecule has 1 nitrogen and oxygen atoms in total. The molecular formula is C10H23N. The summed E-state index contributed by atoms with van der Waals surface area (Å²) in [5.41, 5.74) is 0. The van der Waals surface area contributed by atoms with Crippen molar-refractivity contribution in [1.29, 1.82) is 0 Å². The van der Waals surface area contributed by atoms with E-state index in [1.807, 2.05) is 0 Å². The third-order valence-electron chi connectivity index (χ3n) is 2.07. The van der Waals surface area contributed by atoms with Crippen LogP contribution < -0.4 is 5.32 Å². The summed E-state index contributed by atoms with van der Waals surface area (Å²) < 4.78 is 0. The van der Waals surface area contributed by atoms with Crippen molar-refractivity contribution in [2.45, 2.75) is 40.5 Å². The predicted molar refractivity (Wildman–Crippen MR) is 51.8 cm³/mol. The van der Waals surface area contributed by atoms with E-state index in [1.54, 1.807) is 0 Å². The van der Waals surface area contributed by atoms with Gasteiger partial charge in [0.2, 0.25) is 0 Å². The summed E-state index contributed by atoms with van der Waals surface area (Å²) in [4.78, 5) is 0. The second-order valence-corrected chi connectivity index (χ2v) is 3.71. The number of hydrogen-bond acceptors (Lipinski definition) is 1. The van der Waals surface area contributed by atoms with Crippen LogP contribution in [-0.2, 0) is 0 Å². The van der Waals surface area contributed by atoms with E-state index in [1.165, 1.54) is 19.4 Å². The Morgan fingerprint density at radius 1 is 1.18 bits per heavy atom. The first-order valence-electron chi connectivity index (χ1n) is 4.91. The molecule has 1 unspecified atom stereocenters. The monoisotopic (exact) mass is 157 g/mol. The van der Waals surface area contributed by atoms with E-state index in [0.717, 1.165) is 18.4 Å². The molecule has 0 aliphatic heterocycles. The summed E-state index contributed by atoms with van der Waals surface area (Å²) in [6, 6.07) is 0. The lowest BCUT2D eigenvalue weighted by Crippen LogP contribution is -2.23. The lowest BCUT2D eigenvalue weighted by molar-refractivity contribution is 0.381. The SMILES string of the molecule is CCNCC(CC)CC(C)C. The molecular weight excluding hydrogens is 134 g/mol. The van der Waals surface area contributed by atoms with E-state index in [0.29, 0.717) is 0 Å². The topological polar surface area (TPSA) is 12.0 Å². The molecule has 0 heterocycles. The molecule has 0 amide bonds. The maximum absolute atomic E-state index is 3.40. The van der Waals surface area contributed by atoms with Gasteiger partial charge in [-0.15, -0.1) is 0 Å². The minimum atomic E-state index is 0.846. The van der Waals surface area contributed by atoms with Crippen LogP contribution in [0.3, 0.4) is 0 Å². The fourth-order valence-electron chi connectivity index (χ4n) is 1.41. The average Bonchev–Trinajstić information content (AvgIpc) is 1.97. The van der Waals surface area contributed by atoms with Crippen LogP contribution in [0.1, 0.15) is 40.5 Å². The zero-order valence-corrected chi connectivity index (χ0v) is 8.48. The van der Waals surface area contributed by atoms with Crippen molar-refractivity contribution in [2.24, 2.45) is 11.8 Å². The number of hydrogen-bond donors (Lipinski definition) is 1. The van der Waals surface area contributed by atoms with Crippen molar-refractivity contribution in [3.05, 3.63) is 0 Å². The molecule has 0 bridgehead atoms. The summed E-state index contributed by atoms with van der Waals surface area (Å²) in [7, 11) is 0. The van der Waals surface area contributed by atoms with E-state index < -0.39 is 0 Å². The van der Waals surface area contributed by atoms with E-state index in [9.17, 15) is 0 Å². The van der Waals surface area contributed by atoms with Crippen molar-refractivity contribution in [2.75, 3.05) is 13.1 Å². The first kappa shape index (κ1) is 11.0. The first-order valence-corrected chi connectivity index (χ1v) is 4.91. The maximum Gasteiger partial charge on any atom is -0.00206 e. The Kier molecular flexibility index (Phi) is 6.63. The molecule has 0 radical (unpaired) electrons. The van der Waals surface area contributed by atoms with E-state index in [2.05, 4.69) is 33.0 Å². The number of rotatable bonds is 6. The lowest BCUT2D eigenvalue weighted by Gasteiger charge is -2.16. The molecule has 0 aromatic rings. The van der Waals surface area contributed by atoms with Crippen molar-refractivity contribution in [3.63, 3.8) is 0 Å². The Balaban J connectivity index is 3.41. The van der Waals surface area contributed by atoms with Crippen molar-refractivity contribution in [1.82, 2.24) is 5.32 Å². The zero-order chi connectivity index (χ0) is 8.69. The van der Waals surface area contributed by atoms with Gasteiger partial charge in [0.25, 0.3) is 0 Å². The van der Waals surface area contributed by atoms with Gasteiger partial charge in [0, 0.05) is 0 Å². The second kappa shape index (κ2) is 6.66. The van der Waals surface area contributed by atoms with E-state index in [4.69, 9.17) is 0 Å². The molecule has 0 rings (SSSR count). The van der Waals surface area contributed by atoms with Gasteiger partial charge in [-0.1, -0.05) is 34.1 Å². The minimum absolute atomic E-state index is 0.846. The van der Waals surface area contributed by atoms with Crippen LogP contribution in [0.25, 0.3) is 0 Å². The van der Waals surface area contributed by atoms with Crippen molar-refractivity contribution >= 4 is 0 Å². The Hall–Kier alpha value is -0.0400. The molecule has 0 aliphatic carbocycles. The molecule has 0 saturated heterocycles. The molecule has 11 heavy (non-hydrogen) atoms. The van der Waals surface area contributed by atoms with Crippen LogP contribution in [0.5, 0.6) is 0 Å². The quantitative estimate of drug-likeness (QED) is 0.625. The highest BCUT2D eigenvalue weighted by atomic mass is 14.8. The summed E-state index contributed by atoms with van der Waals surface area (Å²) in [6.07, 6.45) is 2.68. The predicted octanol–water partition coefficient (Wildman–Crippen LogP) is 2.67. The third kappa shape index (κ3) is 6.36. The molecule has 1 N–H and O–H groups in total. The van der Waals surface area contributed by atoms with Crippen molar-refractivity contribution < 1.29 is 0 Å². The standard InChI is InChI=1S/C10H23N/c1-5-10(7-9(3)4)8-11-6-2/h9-11H,5-8H2,1-4H3. The highest BCUT2D eigenvalue weighted by Crippen LogP contribution is 2.13. The third-order valence-corrected chi connectivity index (χ3v) is 2.07. The zero-order valence-electron chi connectivity index (χ0n) is 8.48. The Bertz CT molecular complexity index is 78.9. The van der Waals surface area contributed by atoms with Gasteiger partial charge in [0.1, 0.15) is 0 Å². The Morgan fingerprint density at radius 2 is 1.82 bits per heavy atom. The van der Waals surface area contributed by atoms with Gasteiger partial charge in [0.15, 0.2) is 0 Å². The van der Waals surface area contributed by atoms with Gasteiger partial charge in [0.05, 0.1) is 0 Å². The van der Waals surface area contributed by atoms with Gasteiger partial charge in [-0.2, -0.15) is 0 Å². The Morgan fingerprint density at radius 3 is 2.18 bits per heavy atom. The van der Waals surface area contributed by atoms with Gasteiger partial charge in [-0.05, 0) is 31.3 Å². The van der Waals surface area contributed by atoms with E-state index >= 15 is 0 Å². The van der Waals surface area contributed by atoms with E-state index in [-0.39, 0.29) is 0 Å². The molecule has 0 aliphatic rings. The molecule has 1 heteroatoms. The van der Waals surface area contributed by atoms with Crippen molar-refractivity contribution in [3.8, 4) is 0 Å². The molecule has 0 spiro atoms. The highest BCUT2D eigenvalue weighted by Gasteiger charge is 2.06. The average molecular weight is 157 g/mol. The summed E-state index contributed by atoms with van der Waals surface area (Å²) in [5, 5.41) is 3.40. The largest absolute Gasteiger partial charge is 0.317 e. The van der Waals surface area contributed by atoms with Gasteiger partial charge >= 0.3 is 0 Å². The second-order valence-electron chi connectivity index (χ2n) is 3.71. The van der Waals surface area contributed by atoms with Crippen LogP contribution in [-0.4, -0.2) is 13.1 Å². The van der Waals surface area contributed by atoms with Crippen LogP contribution >= 0.6 is 0 Å². The lowest BCUT2D eigenvalue weighted by atomic mass is 9.95. The first-order chi connectivity index (χ1) is 5.20. The van der Waals surface area contributed by atoms with Crippen LogP contribution in [0, 0.1) is 11.8 Å². The summed E-state index contributed by atoms with van der Waals surface area (Å²) in [6.45, 7) is 11.4. The molecule has 68 valence electrons. The minimum Gasteiger partial charge on any atom is -0.317 e. The molecule has 0 fully saturated rings. The molecule has 0 aromatic heterocycles. The highest BCUT2D eigenvalue weighted by molar-refractivity contribution is 4.61. The van der Waals surface area contributed by atoms with Crippen LogP contribution in [0.2, 0.25) is 0 Å². The normalized spacial score (nSPS) is 13.9. The molecule has 0 saturated carbocycles. The molecule has 1 atom stereocenters.